The molecule has 3 rings (SSSR count). The molecule has 1 aliphatic carbocycles. The van der Waals surface area contributed by atoms with Crippen LogP contribution in [0.15, 0.2) is 41.3 Å². The Bertz CT molecular complexity index is 662. The average Bonchev–Trinajstić information content (AvgIpc) is 2.69. The molecule has 1 aromatic rings. The van der Waals surface area contributed by atoms with Crippen molar-refractivity contribution in [2.24, 2.45) is 10.4 Å². The van der Waals surface area contributed by atoms with E-state index in [9.17, 15) is 4.39 Å². The summed E-state index contributed by atoms with van der Waals surface area (Å²) in [5.41, 5.74) is 6.62. The molecule has 0 fully saturated rings. The third-order valence-corrected chi connectivity index (χ3v) is 4.52. The number of fused-ring (bicyclic) bond motifs is 1. The van der Waals surface area contributed by atoms with Crippen molar-refractivity contribution in [2.75, 3.05) is 0 Å². The Balaban J connectivity index is 1.99. The highest BCUT2D eigenvalue weighted by Gasteiger charge is 2.29. The summed E-state index contributed by atoms with van der Waals surface area (Å²) in [5.74, 6) is -0.318. The second-order valence-corrected chi connectivity index (χ2v) is 6.62. The first-order chi connectivity index (χ1) is 9.37. The molecule has 0 saturated heterocycles. The molecule has 20 heavy (non-hydrogen) atoms. The number of halogens is 1. The number of nitrogens with zero attached hydrogens (tertiary/aromatic N) is 1. The first kappa shape index (κ1) is 13.3. The van der Waals surface area contributed by atoms with Crippen molar-refractivity contribution < 1.29 is 4.39 Å². The minimum absolute atomic E-state index is 0.126. The van der Waals surface area contributed by atoms with Gasteiger partial charge in [-0.25, -0.2) is 4.99 Å². The van der Waals surface area contributed by atoms with Crippen LogP contribution in [0.4, 0.5) is 4.39 Å². The number of aliphatic imine (C=N–C) groups is 1. The fourth-order valence-electron chi connectivity index (χ4n) is 3.05. The minimum Gasteiger partial charge on any atom is -0.229 e. The molecular weight excluding hydrogens is 249 g/mol. The molecule has 0 saturated carbocycles. The van der Waals surface area contributed by atoms with Crippen molar-refractivity contribution in [3.63, 3.8) is 0 Å². The Morgan fingerprint density at radius 3 is 2.60 bits per heavy atom. The lowest BCUT2D eigenvalue weighted by Gasteiger charge is -2.34. The molecule has 2 heteroatoms. The van der Waals surface area contributed by atoms with Crippen LogP contribution in [0, 0.1) is 5.41 Å². The first-order valence-electron chi connectivity index (χ1n) is 7.10. The Hall–Kier alpha value is -1.70. The number of benzene rings is 1. The van der Waals surface area contributed by atoms with Gasteiger partial charge in [0.15, 0.2) is 0 Å². The van der Waals surface area contributed by atoms with E-state index in [1.165, 1.54) is 16.7 Å². The van der Waals surface area contributed by atoms with Crippen LogP contribution in [0.3, 0.4) is 0 Å². The molecule has 0 bridgehead atoms. The topological polar surface area (TPSA) is 12.4 Å². The summed E-state index contributed by atoms with van der Waals surface area (Å²) in [7, 11) is 0. The Morgan fingerprint density at radius 2 is 1.95 bits per heavy atom. The van der Waals surface area contributed by atoms with Gasteiger partial charge in [0, 0.05) is 17.7 Å². The van der Waals surface area contributed by atoms with Crippen molar-refractivity contribution >= 4 is 11.3 Å². The van der Waals surface area contributed by atoms with Gasteiger partial charge in [-0.05, 0) is 41.9 Å². The molecule has 0 radical (unpaired) electrons. The van der Waals surface area contributed by atoms with E-state index >= 15 is 0 Å². The summed E-state index contributed by atoms with van der Waals surface area (Å²) in [5, 5.41) is 0. The Morgan fingerprint density at radius 1 is 1.20 bits per heavy atom. The van der Waals surface area contributed by atoms with Gasteiger partial charge in [-0.1, -0.05) is 44.2 Å². The molecule has 0 N–H and O–H groups in total. The van der Waals surface area contributed by atoms with Gasteiger partial charge in [0.1, 0.15) is 0 Å². The summed E-state index contributed by atoms with van der Waals surface area (Å²) < 4.78 is 13.8. The van der Waals surface area contributed by atoms with Gasteiger partial charge in [-0.3, -0.25) is 0 Å². The lowest BCUT2D eigenvalue weighted by molar-refractivity contribution is 0.418. The number of hydrogen-bond donors (Lipinski definition) is 0. The van der Waals surface area contributed by atoms with Gasteiger partial charge in [-0.2, -0.15) is 4.39 Å². The quantitative estimate of drug-likeness (QED) is 0.509. The van der Waals surface area contributed by atoms with Crippen LogP contribution in [0.1, 0.15) is 43.9 Å². The predicted molar refractivity (Wildman–Crippen MR) is 82.5 cm³/mol. The molecule has 1 heterocycles. The van der Waals surface area contributed by atoms with Gasteiger partial charge < -0.3 is 0 Å². The van der Waals surface area contributed by atoms with Crippen LogP contribution in [0.2, 0.25) is 0 Å². The van der Waals surface area contributed by atoms with Crippen molar-refractivity contribution in [3.05, 3.63) is 53.0 Å². The summed E-state index contributed by atoms with van der Waals surface area (Å²) in [6.07, 6.45) is 2.53. The molecule has 1 aliphatic heterocycles. The molecule has 0 atom stereocenters. The largest absolute Gasteiger partial charge is 0.229 e. The molecule has 0 aromatic heterocycles. The van der Waals surface area contributed by atoms with Crippen LogP contribution in [0.25, 0.3) is 5.57 Å². The molecule has 0 spiro atoms. The minimum atomic E-state index is -0.318. The first-order valence-corrected chi connectivity index (χ1v) is 7.10. The fourth-order valence-corrected chi connectivity index (χ4v) is 3.05. The molecule has 0 unspecified atom stereocenters. The second kappa shape index (κ2) is 4.41. The highest BCUT2D eigenvalue weighted by Crippen LogP contribution is 2.40. The van der Waals surface area contributed by atoms with Crippen molar-refractivity contribution in [1.82, 2.24) is 0 Å². The highest BCUT2D eigenvalue weighted by atomic mass is 19.1. The second-order valence-electron chi connectivity index (χ2n) is 6.62. The molecule has 0 amide bonds. The molecule has 1 nitrogen and oxygen atoms in total. The summed E-state index contributed by atoms with van der Waals surface area (Å²) >= 11 is 0. The predicted octanol–water partition coefficient (Wildman–Crippen LogP) is 4.87. The van der Waals surface area contributed by atoms with Crippen LogP contribution in [-0.4, -0.2) is 5.71 Å². The van der Waals surface area contributed by atoms with Gasteiger partial charge in [0.2, 0.25) is 5.95 Å². The maximum Gasteiger partial charge on any atom is 0.216 e. The maximum absolute atomic E-state index is 13.8. The smallest absolute Gasteiger partial charge is 0.216 e. The van der Waals surface area contributed by atoms with E-state index < -0.39 is 0 Å². The fraction of sp³-hybridized carbons (Fsp3) is 0.389. The Kier molecular flexibility index (Phi) is 2.93. The summed E-state index contributed by atoms with van der Waals surface area (Å²) in [4.78, 5) is 3.91. The molecule has 104 valence electrons. The van der Waals surface area contributed by atoms with E-state index in [0.717, 1.165) is 29.7 Å². The monoisotopic (exact) mass is 269 g/mol. The number of hydrogen-bond acceptors (Lipinski definition) is 1. The van der Waals surface area contributed by atoms with E-state index in [4.69, 9.17) is 0 Å². The van der Waals surface area contributed by atoms with Crippen molar-refractivity contribution in [1.29, 1.82) is 0 Å². The van der Waals surface area contributed by atoms with Crippen LogP contribution >= 0.6 is 0 Å². The SMILES string of the molecule is C=C1Cc2ccc(C3=C(F)N=C(C)C3)cc2CC1(C)C. The summed E-state index contributed by atoms with van der Waals surface area (Å²) in [6, 6.07) is 6.29. The zero-order chi connectivity index (χ0) is 14.5. The van der Waals surface area contributed by atoms with Crippen LogP contribution < -0.4 is 0 Å². The lowest BCUT2D eigenvalue weighted by atomic mass is 9.71. The maximum atomic E-state index is 13.8. The van der Waals surface area contributed by atoms with Crippen molar-refractivity contribution in [2.45, 2.75) is 40.0 Å². The van der Waals surface area contributed by atoms with Gasteiger partial charge in [0.05, 0.1) is 0 Å². The van der Waals surface area contributed by atoms with Gasteiger partial charge in [-0.15, -0.1) is 0 Å². The van der Waals surface area contributed by atoms with Crippen LogP contribution in [-0.2, 0) is 12.8 Å². The molecule has 2 aliphatic rings. The van der Waals surface area contributed by atoms with E-state index in [-0.39, 0.29) is 11.4 Å². The average molecular weight is 269 g/mol. The zero-order valence-electron chi connectivity index (χ0n) is 12.4. The number of rotatable bonds is 1. The van der Waals surface area contributed by atoms with Crippen LogP contribution in [0.5, 0.6) is 0 Å². The van der Waals surface area contributed by atoms with E-state index in [1.54, 1.807) is 0 Å². The Labute approximate surface area is 119 Å². The van der Waals surface area contributed by atoms with Gasteiger partial charge in [0.25, 0.3) is 0 Å². The van der Waals surface area contributed by atoms with Crippen molar-refractivity contribution in [3.8, 4) is 0 Å². The van der Waals surface area contributed by atoms with E-state index in [1.807, 2.05) is 13.0 Å². The lowest BCUT2D eigenvalue weighted by Crippen LogP contribution is -2.24. The zero-order valence-corrected chi connectivity index (χ0v) is 12.4. The third-order valence-electron chi connectivity index (χ3n) is 4.52. The molecule has 1 aromatic carbocycles. The van der Waals surface area contributed by atoms with E-state index in [2.05, 4.69) is 37.6 Å². The normalized spacial score (nSPS) is 21.0. The van der Waals surface area contributed by atoms with Gasteiger partial charge >= 0.3 is 0 Å². The third kappa shape index (κ3) is 2.13. The number of allylic oxidation sites excluding steroid dienone is 2. The molecular formula is C18H20FN. The standard InChI is InChI=1S/C18H20FN/c1-11-7-13-5-6-14(9-15(13)10-18(11,3)4)16-8-12(2)20-17(16)19/h5-6,9H,1,7-8,10H2,2-4H3. The van der Waals surface area contributed by atoms with E-state index in [0.29, 0.717) is 6.42 Å². The summed E-state index contributed by atoms with van der Waals surface area (Å²) in [6.45, 7) is 10.5. The highest BCUT2D eigenvalue weighted by molar-refractivity contribution is 5.97.